The Morgan fingerprint density at radius 3 is 2.67 bits per heavy atom. The second-order valence-electron chi connectivity index (χ2n) is 3.99. The number of carbonyl (C=O) groups is 1. The lowest BCUT2D eigenvalue weighted by atomic mass is 10.3. The minimum atomic E-state index is -3.88. The van der Waals surface area contributed by atoms with Crippen molar-refractivity contribution in [2.24, 2.45) is 0 Å². The highest BCUT2D eigenvalue weighted by atomic mass is 32.2. The van der Waals surface area contributed by atoms with Crippen molar-refractivity contribution in [2.45, 2.75) is 17.7 Å². The van der Waals surface area contributed by atoms with Crippen LogP contribution in [0.1, 0.15) is 12.8 Å². The highest BCUT2D eigenvalue weighted by Crippen LogP contribution is 2.29. The Balaban J connectivity index is 2.88. The van der Waals surface area contributed by atoms with Gasteiger partial charge in [0.15, 0.2) is 5.75 Å². The number of benzene rings is 1. The fourth-order valence-electron chi connectivity index (χ4n) is 1.51. The normalized spacial score (nSPS) is 11.1. The summed E-state index contributed by atoms with van der Waals surface area (Å²) in [4.78, 5) is 20.2. The third-order valence-electron chi connectivity index (χ3n) is 2.52. The number of nitro groups is 1. The molecule has 0 aliphatic rings. The van der Waals surface area contributed by atoms with Gasteiger partial charge in [0, 0.05) is 25.1 Å². The number of nitrogens with zero attached hydrogens (tertiary/aromatic N) is 1. The quantitative estimate of drug-likeness (QED) is 0.410. The summed E-state index contributed by atoms with van der Waals surface area (Å²) >= 11 is 0. The van der Waals surface area contributed by atoms with Gasteiger partial charge in [-0.05, 0) is 12.5 Å². The first kappa shape index (κ1) is 16.9. The maximum Gasteiger partial charge on any atom is 0.310 e. The standard InChI is InChI=1S/C11H14N2O7S/c1-20-10-7-8(4-5-9(10)13(16)17)21(18,19)12-6-2-3-11(14)15/h4-5,7,12H,2-3,6H2,1H3,(H,14,15). The zero-order valence-electron chi connectivity index (χ0n) is 11.1. The van der Waals surface area contributed by atoms with Gasteiger partial charge in [-0.2, -0.15) is 0 Å². The molecule has 9 nitrogen and oxygen atoms in total. The molecular formula is C11H14N2O7S. The molecule has 0 heterocycles. The summed E-state index contributed by atoms with van der Waals surface area (Å²) in [7, 11) is -2.69. The summed E-state index contributed by atoms with van der Waals surface area (Å²) in [6, 6.07) is 3.16. The molecule has 10 heteroatoms. The summed E-state index contributed by atoms with van der Waals surface area (Å²) in [5.74, 6) is -1.19. The predicted molar refractivity (Wildman–Crippen MR) is 71.7 cm³/mol. The molecule has 0 atom stereocenters. The maximum absolute atomic E-state index is 11.9. The van der Waals surface area contributed by atoms with Crippen molar-refractivity contribution < 1.29 is 28.0 Å². The number of hydrogen-bond donors (Lipinski definition) is 2. The highest BCUT2D eigenvalue weighted by Gasteiger charge is 2.20. The molecule has 0 amide bonds. The minimum absolute atomic E-state index is 0.0477. The van der Waals surface area contributed by atoms with Crippen LogP contribution in [0, 0.1) is 10.1 Å². The average molecular weight is 318 g/mol. The molecule has 116 valence electrons. The molecule has 0 bridgehead atoms. The summed E-state index contributed by atoms with van der Waals surface area (Å²) in [5, 5.41) is 19.2. The summed E-state index contributed by atoms with van der Waals surface area (Å²) < 4.78 is 30.9. The molecule has 0 saturated heterocycles. The van der Waals surface area contributed by atoms with E-state index in [1.807, 2.05) is 0 Å². The number of hydrogen-bond acceptors (Lipinski definition) is 6. The van der Waals surface area contributed by atoms with Crippen LogP contribution in [-0.2, 0) is 14.8 Å². The number of carboxylic acid groups (broad SMARTS) is 1. The molecular weight excluding hydrogens is 304 g/mol. The summed E-state index contributed by atoms with van der Waals surface area (Å²) in [6.45, 7) is -0.0477. The van der Waals surface area contributed by atoms with E-state index in [2.05, 4.69) is 4.72 Å². The van der Waals surface area contributed by atoms with E-state index in [9.17, 15) is 23.3 Å². The lowest BCUT2D eigenvalue weighted by molar-refractivity contribution is -0.385. The smallest absolute Gasteiger partial charge is 0.310 e. The van der Waals surface area contributed by atoms with Gasteiger partial charge in [-0.1, -0.05) is 0 Å². The molecule has 2 N–H and O–H groups in total. The van der Waals surface area contributed by atoms with Crippen LogP contribution in [0.2, 0.25) is 0 Å². The van der Waals surface area contributed by atoms with Gasteiger partial charge >= 0.3 is 11.7 Å². The second-order valence-corrected chi connectivity index (χ2v) is 5.75. The molecule has 0 radical (unpaired) electrons. The first-order valence-corrected chi connectivity index (χ1v) is 7.30. The Morgan fingerprint density at radius 2 is 2.14 bits per heavy atom. The minimum Gasteiger partial charge on any atom is -0.490 e. The number of carboxylic acids is 1. The molecule has 0 unspecified atom stereocenters. The first-order valence-electron chi connectivity index (χ1n) is 5.82. The summed E-state index contributed by atoms with van der Waals surface area (Å²) in [6.07, 6.45) is -0.0230. The predicted octanol–water partition coefficient (Wildman–Crippen LogP) is 0.746. The third kappa shape index (κ3) is 4.68. The van der Waals surface area contributed by atoms with Gasteiger partial charge in [-0.25, -0.2) is 13.1 Å². The zero-order chi connectivity index (χ0) is 16.0. The van der Waals surface area contributed by atoms with Gasteiger partial charge < -0.3 is 9.84 Å². The second kappa shape index (κ2) is 6.99. The number of ether oxygens (including phenoxy) is 1. The molecule has 1 rings (SSSR count). The van der Waals surface area contributed by atoms with Gasteiger partial charge in [0.25, 0.3) is 0 Å². The van der Waals surface area contributed by atoms with Crippen LogP contribution < -0.4 is 9.46 Å². The average Bonchev–Trinajstić information content (AvgIpc) is 2.42. The van der Waals surface area contributed by atoms with Crippen molar-refractivity contribution in [2.75, 3.05) is 13.7 Å². The first-order chi connectivity index (χ1) is 9.77. The van der Waals surface area contributed by atoms with Crippen LogP contribution in [-0.4, -0.2) is 38.1 Å². The molecule has 21 heavy (non-hydrogen) atoms. The molecule has 0 fully saturated rings. The van der Waals surface area contributed by atoms with E-state index in [1.165, 1.54) is 7.11 Å². The van der Waals surface area contributed by atoms with E-state index >= 15 is 0 Å². The SMILES string of the molecule is COc1cc(S(=O)(=O)NCCCC(=O)O)ccc1[N+](=O)[O-]. The highest BCUT2D eigenvalue weighted by molar-refractivity contribution is 7.89. The Morgan fingerprint density at radius 1 is 1.48 bits per heavy atom. The van der Waals surface area contributed by atoms with Crippen molar-refractivity contribution in [1.29, 1.82) is 0 Å². The Bertz CT molecular complexity index is 642. The lowest BCUT2D eigenvalue weighted by Gasteiger charge is -2.08. The van der Waals surface area contributed by atoms with Gasteiger partial charge in [0.05, 0.1) is 16.9 Å². The van der Waals surface area contributed by atoms with E-state index in [-0.39, 0.29) is 35.7 Å². The van der Waals surface area contributed by atoms with E-state index in [0.29, 0.717) is 0 Å². The topological polar surface area (TPSA) is 136 Å². The van der Waals surface area contributed by atoms with Crippen molar-refractivity contribution >= 4 is 21.7 Å². The van der Waals surface area contributed by atoms with Gasteiger partial charge in [0.1, 0.15) is 0 Å². The number of aliphatic carboxylic acids is 1. The lowest BCUT2D eigenvalue weighted by Crippen LogP contribution is -2.25. The molecule has 0 spiro atoms. The van der Waals surface area contributed by atoms with Gasteiger partial charge in [-0.15, -0.1) is 0 Å². The number of sulfonamides is 1. The van der Waals surface area contributed by atoms with Crippen molar-refractivity contribution in [1.82, 2.24) is 4.72 Å². The summed E-state index contributed by atoms with van der Waals surface area (Å²) in [5.41, 5.74) is -0.345. The van der Waals surface area contributed by atoms with E-state index in [0.717, 1.165) is 18.2 Å². The Labute approximate surface area is 120 Å². The maximum atomic E-state index is 11.9. The fourth-order valence-corrected chi connectivity index (χ4v) is 2.59. The number of nitro benzene ring substituents is 1. The molecule has 1 aromatic rings. The molecule has 1 aromatic carbocycles. The molecule has 0 aliphatic carbocycles. The van der Waals surface area contributed by atoms with Crippen molar-refractivity contribution in [3.05, 3.63) is 28.3 Å². The number of nitrogens with one attached hydrogen (secondary N) is 1. The van der Waals surface area contributed by atoms with Crippen LogP contribution in [0.15, 0.2) is 23.1 Å². The Kier molecular flexibility index (Phi) is 5.61. The molecule has 0 aliphatic heterocycles. The largest absolute Gasteiger partial charge is 0.490 e. The van der Waals surface area contributed by atoms with E-state index < -0.39 is 20.9 Å². The van der Waals surface area contributed by atoms with E-state index in [1.54, 1.807) is 0 Å². The Hall–Kier alpha value is -2.20. The van der Waals surface area contributed by atoms with Gasteiger partial charge in [0.2, 0.25) is 10.0 Å². The monoisotopic (exact) mass is 318 g/mol. The van der Waals surface area contributed by atoms with E-state index in [4.69, 9.17) is 9.84 Å². The van der Waals surface area contributed by atoms with Crippen LogP contribution in [0.25, 0.3) is 0 Å². The molecule has 0 saturated carbocycles. The fraction of sp³-hybridized carbons (Fsp3) is 0.364. The third-order valence-corrected chi connectivity index (χ3v) is 3.98. The number of rotatable bonds is 8. The van der Waals surface area contributed by atoms with Crippen molar-refractivity contribution in [3.63, 3.8) is 0 Å². The molecule has 0 aromatic heterocycles. The van der Waals surface area contributed by atoms with Crippen LogP contribution in [0.5, 0.6) is 5.75 Å². The van der Waals surface area contributed by atoms with Crippen molar-refractivity contribution in [3.8, 4) is 5.75 Å². The van der Waals surface area contributed by atoms with Crippen LogP contribution in [0.4, 0.5) is 5.69 Å². The van der Waals surface area contributed by atoms with Crippen LogP contribution >= 0.6 is 0 Å². The zero-order valence-corrected chi connectivity index (χ0v) is 11.9. The van der Waals surface area contributed by atoms with Gasteiger partial charge in [-0.3, -0.25) is 14.9 Å². The van der Waals surface area contributed by atoms with Crippen LogP contribution in [0.3, 0.4) is 0 Å². The number of methoxy groups -OCH3 is 1.